The largest absolute Gasteiger partial charge is 0.493 e. The van der Waals surface area contributed by atoms with Crippen LogP contribution in [0.1, 0.15) is 36.9 Å². The Labute approximate surface area is 149 Å². The number of fused-ring (bicyclic) bond motifs is 1. The minimum absolute atomic E-state index is 0.142. The maximum absolute atomic E-state index is 12.5. The summed E-state index contributed by atoms with van der Waals surface area (Å²) in [6.07, 6.45) is -2.44. The SMILES string of the molecule is CC1CCC(c2cccc3c2OCC3)N(C(=O)C(=O)OCC(F)(F)F)C1. The maximum atomic E-state index is 12.5. The van der Waals surface area contributed by atoms with Crippen molar-refractivity contribution in [2.75, 3.05) is 19.8 Å². The molecule has 0 spiro atoms. The van der Waals surface area contributed by atoms with Gasteiger partial charge in [-0.15, -0.1) is 0 Å². The van der Waals surface area contributed by atoms with Gasteiger partial charge in [-0.3, -0.25) is 4.79 Å². The molecule has 0 aromatic heterocycles. The Morgan fingerprint density at radius 3 is 2.81 bits per heavy atom. The molecule has 3 rings (SSSR count). The second-order valence-corrected chi connectivity index (χ2v) is 6.78. The van der Waals surface area contributed by atoms with Gasteiger partial charge in [0.2, 0.25) is 0 Å². The van der Waals surface area contributed by atoms with Gasteiger partial charge in [0.1, 0.15) is 5.75 Å². The first-order chi connectivity index (χ1) is 12.3. The fourth-order valence-corrected chi connectivity index (χ4v) is 3.53. The quantitative estimate of drug-likeness (QED) is 0.592. The molecule has 5 nitrogen and oxygen atoms in total. The van der Waals surface area contributed by atoms with Crippen LogP contribution in [0, 0.1) is 5.92 Å². The van der Waals surface area contributed by atoms with Gasteiger partial charge in [0.05, 0.1) is 12.6 Å². The van der Waals surface area contributed by atoms with Crippen LogP contribution < -0.4 is 4.74 Å². The van der Waals surface area contributed by atoms with Crippen LogP contribution in [0.3, 0.4) is 0 Å². The van der Waals surface area contributed by atoms with E-state index in [1.54, 1.807) is 0 Å². The van der Waals surface area contributed by atoms with Crippen LogP contribution in [-0.2, 0) is 20.7 Å². The van der Waals surface area contributed by atoms with Gasteiger partial charge in [0.15, 0.2) is 6.61 Å². The number of halogens is 3. The fourth-order valence-electron chi connectivity index (χ4n) is 3.53. The Morgan fingerprint density at radius 1 is 1.31 bits per heavy atom. The van der Waals surface area contributed by atoms with Crippen molar-refractivity contribution in [1.82, 2.24) is 4.90 Å². The second-order valence-electron chi connectivity index (χ2n) is 6.78. The van der Waals surface area contributed by atoms with E-state index in [0.717, 1.165) is 24.0 Å². The minimum Gasteiger partial charge on any atom is -0.493 e. The zero-order chi connectivity index (χ0) is 18.9. The molecule has 142 valence electrons. The number of benzene rings is 1. The van der Waals surface area contributed by atoms with Crippen molar-refractivity contribution in [2.24, 2.45) is 5.92 Å². The Bertz CT molecular complexity index is 704. The summed E-state index contributed by atoms with van der Waals surface area (Å²) in [6.45, 7) is 1.00. The molecule has 1 aromatic carbocycles. The average molecular weight is 371 g/mol. The van der Waals surface area contributed by atoms with Crippen LogP contribution in [0.15, 0.2) is 18.2 Å². The highest BCUT2D eigenvalue weighted by Crippen LogP contribution is 2.41. The molecule has 1 amide bonds. The monoisotopic (exact) mass is 371 g/mol. The van der Waals surface area contributed by atoms with E-state index in [0.29, 0.717) is 18.8 Å². The number of hydrogen-bond donors (Lipinski definition) is 0. The maximum Gasteiger partial charge on any atom is 0.422 e. The highest BCUT2D eigenvalue weighted by Gasteiger charge is 2.38. The number of nitrogens with zero attached hydrogens (tertiary/aromatic N) is 1. The van der Waals surface area contributed by atoms with Gasteiger partial charge in [0.25, 0.3) is 0 Å². The van der Waals surface area contributed by atoms with Crippen LogP contribution in [0.4, 0.5) is 13.2 Å². The molecule has 1 saturated heterocycles. The van der Waals surface area contributed by atoms with Gasteiger partial charge in [-0.2, -0.15) is 13.2 Å². The highest BCUT2D eigenvalue weighted by atomic mass is 19.4. The number of piperidine rings is 1. The molecule has 2 aliphatic rings. The minimum atomic E-state index is -4.67. The molecule has 1 fully saturated rings. The van der Waals surface area contributed by atoms with E-state index >= 15 is 0 Å². The molecule has 2 unspecified atom stereocenters. The first-order valence-corrected chi connectivity index (χ1v) is 8.55. The van der Waals surface area contributed by atoms with Gasteiger partial charge in [-0.05, 0) is 24.3 Å². The lowest BCUT2D eigenvalue weighted by Gasteiger charge is -2.38. The third-order valence-corrected chi connectivity index (χ3v) is 4.72. The molecule has 0 aliphatic carbocycles. The van der Waals surface area contributed by atoms with Gasteiger partial charge < -0.3 is 14.4 Å². The van der Waals surface area contributed by atoms with Crippen LogP contribution in [0.25, 0.3) is 0 Å². The lowest BCUT2D eigenvalue weighted by atomic mass is 9.88. The summed E-state index contributed by atoms with van der Waals surface area (Å²) < 4.78 is 46.6. The normalized spacial score (nSPS) is 22.5. The predicted molar refractivity (Wildman–Crippen MR) is 85.5 cm³/mol. The number of rotatable bonds is 2. The Balaban J connectivity index is 1.82. The van der Waals surface area contributed by atoms with E-state index in [-0.39, 0.29) is 12.5 Å². The third kappa shape index (κ3) is 3.94. The molecule has 0 saturated carbocycles. The number of amides is 1. The topological polar surface area (TPSA) is 55.8 Å². The summed E-state index contributed by atoms with van der Waals surface area (Å²) in [5.41, 5.74) is 1.83. The van der Waals surface area contributed by atoms with Gasteiger partial charge in [-0.1, -0.05) is 25.1 Å². The third-order valence-electron chi connectivity index (χ3n) is 4.72. The van der Waals surface area contributed by atoms with Crippen molar-refractivity contribution in [3.05, 3.63) is 29.3 Å². The standard InChI is InChI=1S/C18H20F3NO4/c1-11-5-6-14(13-4-2-3-12-7-8-25-15(12)13)22(9-11)16(23)17(24)26-10-18(19,20)21/h2-4,11,14H,5-10H2,1H3. The molecule has 0 bridgehead atoms. The van der Waals surface area contributed by atoms with Crippen LogP contribution in [-0.4, -0.2) is 42.7 Å². The molecule has 8 heteroatoms. The summed E-state index contributed by atoms with van der Waals surface area (Å²) in [5.74, 6) is -1.66. The van der Waals surface area contributed by atoms with Gasteiger partial charge in [-0.25, -0.2) is 4.79 Å². The van der Waals surface area contributed by atoms with Crippen molar-refractivity contribution in [2.45, 2.75) is 38.4 Å². The number of hydrogen-bond acceptors (Lipinski definition) is 4. The van der Waals surface area contributed by atoms with Crippen LogP contribution in [0.2, 0.25) is 0 Å². The molecular weight excluding hydrogens is 351 g/mol. The van der Waals surface area contributed by atoms with Crippen molar-refractivity contribution in [1.29, 1.82) is 0 Å². The van der Waals surface area contributed by atoms with Crippen molar-refractivity contribution >= 4 is 11.9 Å². The Kier molecular flexibility index (Phi) is 5.11. The summed E-state index contributed by atoms with van der Waals surface area (Å²) in [4.78, 5) is 25.7. The molecule has 1 aromatic rings. The van der Waals surface area contributed by atoms with E-state index in [1.165, 1.54) is 4.90 Å². The van der Waals surface area contributed by atoms with Crippen molar-refractivity contribution in [3.63, 3.8) is 0 Å². The van der Waals surface area contributed by atoms with Crippen molar-refractivity contribution < 1.29 is 32.2 Å². The lowest BCUT2D eigenvalue weighted by molar-refractivity contribution is -0.190. The Hall–Kier alpha value is -2.25. The smallest absolute Gasteiger partial charge is 0.422 e. The molecule has 2 atom stereocenters. The number of esters is 1. The summed E-state index contributed by atoms with van der Waals surface area (Å²) in [5, 5.41) is 0. The van der Waals surface area contributed by atoms with Crippen LogP contribution in [0.5, 0.6) is 5.75 Å². The zero-order valence-corrected chi connectivity index (χ0v) is 14.3. The van der Waals surface area contributed by atoms with Gasteiger partial charge >= 0.3 is 18.1 Å². The Morgan fingerprint density at radius 2 is 2.08 bits per heavy atom. The fraction of sp³-hybridized carbons (Fsp3) is 0.556. The number of likely N-dealkylation sites (tertiary alicyclic amines) is 1. The summed E-state index contributed by atoms with van der Waals surface area (Å²) in [6, 6.07) is 5.24. The average Bonchev–Trinajstić information content (AvgIpc) is 3.07. The number of carbonyl (C=O) groups excluding carboxylic acids is 2. The molecule has 0 N–H and O–H groups in total. The van der Waals surface area contributed by atoms with E-state index in [1.807, 2.05) is 25.1 Å². The number of carbonyl (C=O) groups is 2. The predicted octanol–water partition coefficient (Wildman–Crippen LogP) is 3.03. The molecule has 26 heavy (non-hydrogen) atoms. The zero-order valence-electron chi connectivity index (χ0n) is 14.3. The molecule has 0 radical (unpaired) electrons. The first kappa shape index (κ1) is 18.5. The van der Waals surface area contributed by atoms with E-state index in [9.17, 15) is 22.8 Å². The van der Waals surface area contributed by atoms with Crippen molar-refractivity contribution in [3.8, 4) is 5.75 Å². The number of ether oxygens (including phenoxy) is 2. The first-order valence-electron chi connectivity index (χ1n) is 8.55. The second kappa shape index (κ2) is 7.17. The van der Waals surface area contributed by atoms with E-state index < -0.39 is 30.7 Å². The van der Waals surface area contributed by atoms with Crippen LogP contribution >= 0.6 is 0 Å². The van der Waals surface area contributed by atoms with E-state index in [4.69, 9.17) is 4.74 Å². The summed E-state index contributed by atoms with van der Waals surface area (Å²) >= 11 is 0. The molecule has 2 aliphatic heterocycles. The molecule has 2 heterocycles. The van der Waals surface area contributed by atoms with E-state index in [2.05, 4.69) is 4.74 Å². The lowest BCUT2D eigenvalue weighted by Crippen LogP contribution is -2.45. The number of para-hydroxylation sites is 1. The molecular formula is C18H20F3NO4. The highest BCUT2D eigenvalue weighted by molar-refractivity contribution is 6.32. The summed E-state index contributed by atoms with van der Waals surface area (Å²) in [7, 11) is 0. The number of alkyl halides is 3. The van der Waals surface area contributed by atoms with Gasteiger partial charge in [0, 0.05) is 18.5 Å².